The molecule has 0 unspecified atom stereocenters. The average Bonchev–Trinajstić information content (AvgIpc) is 3.44. The number of hydrazone groups is 1. The van der Waals surface area contributed by atoms with Crippen molar-refractivity contribution in [2.45, 2.75) is 10.1 Å². The van der Waals surface area contributed by atoms with E-state index in [9.17, 15) is 14.9 Å². The normalized spacial score (nSPS) is 11.1. The number of furan rings is 1. The first-order chi connectivity index (χ1) is 17.6. The summed E-state index contributed by atoms with van der Waals surface area (Å²) in [7, 11) is 0. The second kappa shape index (κ2) is 10.2. The molecule has 0 bridgehead atoms. The molecule has 0 aliphatic heterocycles. The Morgan fingerprint density at radius 2 is 1.89 bits per heavy atom. The van der Waals surface area contributed by atoms with Crippen molar-refractivity contribution in [3.8, 4) is 11.5 Å². The number of nitrogens with zero attached hydrogens (tertiary/aromatic N) is 5. The molecule has 0 aliphatic rings. The fourth-order valence-corrected chi connectivity index (χ4v) is 4.22. The number of amides is 1. The van der Waals surface area contributed by atoms with Crippen molar-refractivity contribution < 1.29 is 14.1 Å². The first kappa shape index (κ1) is 22.9. The molecule has 0 atom stereocenters. The van der Waals surface area contributed by atoms with Crippen molar-refractivity contribution in [1.82, 2.24) is 20.4 Å². The lowest BCUT2D eigenvalue weighted by Gasteiger charge is -2.07. The van der Waals surface area contributed by atoms with Crippen LogP contribution in [-0.4, -0.2) is 32.0 Å². The number of pyridine rings is 1. The summed E-state index contributed by atoms with van der Waals surface area (Å²) in [5, 5.41) is 16.7. The van der Waals surface area contributed by atoms with Gasteiger partial charge in [-0.2, -0.15) is 5.10 Å². The number of hydrogen-bond acceptors (Lipinski definition) is 9. The predicted octanol–water partition coefficient (Wildman–Crippen LogP) is 5.11. The van der Waals surface area contributed by atoms with E-state index in [1.54, 1.807) is 60.9 Å². The molecule has 0 saturated carbocycles. The number of aromatic nitrogens is 3. The summed E-state index contributed by atoms with van der Waals surface area (Å²) < 4.78 is 5.43. The standard InChI is InChI=1S/C25H16N6O4S/c32-24(18-14-20(22-7-3-12-35-22)29-19-6-2-1-5-17(18)19)30-28-15-16-8-9-23(21(13-16)31(33)34)36-25-26-10-4-11-27-25/h1-15H,(H,30,32). The second-order valence-electron chi connectivity index (χ2n) is 7.37. The van der Waals surface area contributed by atoms with Gasteiger partial charge in [-0.05, 0) is 48.2 Å². The Labute approximate surface area is 208 Å². The lowest BCUT2D eigenvalue weighted by atomic mass is 10.1. The Morgan fingerprint density at radius 3 is 2.67 bits per heavy atom. The van der Waals surface area contributed by atoms with Gasteiger partial charge in [-0.3, -0.25) is 14.9 Å². The molecule has 10 nitrogen and oxygen atoms in total. The number of carbonyl (C=O) groups excluding carboxylic acids is 1. The van der Waals surface area contributed by atoms with E-state index in [0.29, 0.717) is 43.5 Å². The van der Waals surface area contributed by atoms with Crippen LogP contribution in [0.2, 0.25) is 0 Å². The fourth-order valence-electron chi connectivity index (χ4n) is 3.42. The Morgan fingerprint density at radius 1 is 1.06 bits per heavy atom. The van der Waals surface area contributed by atoms with E-state index >= 15 is 0 Å². The van der Waals surface area contributed by atoms with Crippen molar-refractivity contribution in [2.24, 2.45) is 5.10 Å². The lowest BCUT2D eigenvalue weighted by molar-refractivity contribution is -0.387. The molecule has 2 aromatic carbocycles. The van der Waals surface area contributed by atoms with Crippen LogP contribution in [-0.2, 0) is 0 Å². The maximum absolute atomic E-state index is 13.0. The number of hydrogen-bond donors (Lipinski definition) is 1. The first-order valence-corrected chi connectivity index (χ1v) is 11.4. The molecule has 5 rings (SSSR count). The fraction of sp³-hybridized carbons (Fsp3) is 0. The van der Waals surface area contributed by atoms with Gasteiger partial charge in [-0.25, -0.2) is 20.4 Å². The number of benzene rings is 2. The number of nitrogens with one attached hydrogen (secondary N) is 1. The molecule has 36 heavy (non-hydrogen) atoms. The molecule has 0 fully saturated rings. The summed E-state index contributed by atoms with van der Waals surface area (Å²) in [6.07, 6.45) is 6.00. The molecule has 11 heteroatoms. The highest BCUT2D eigenvalue weighted by Crippen LogP contribution is 2.33. The highest BCUT2D eigenvalue weighted by molar-refractivity contribution is 7.99. The highest BCUT2D eigenvalue weighted by Gasteiger charge is 2.17. The third-order valence-corrected chi connectivity index (χ3v) is 6.00. The zero-order chi connectivity index (χ0) is 24.9. The second-order valence-corrected chi connectivity index (χ2v) is 8.38. The number of nitro groups is 1. The number of nitro benzene ring substituents is 1. The summed E-state index contributed by atoms with van der Waals surface area (Å²) in [4.78, 5) is 37.2. The molecule has 0 saturated heterocycles. The summed E-state index contributed by atoms with van der Waals surface area (Å²) in [6, 6.07) is 18.7. The van der Waals surface area contributed by atoms with Gasteiger partial charge in [0.2, 0.25) is 0 Å². The minimum absolute atomic E-state index is 0.119. The Bertz CT molecular complexity index is 1590. The molecule has 0 spiro atoms. The maximum atomic E-state index is 13.0. The van der Waals surface area contributed by atoms with Gasteiger partial charge in [-0.15, -0.1) is 0 Å². The van der Waals surface area contributed by atoms with Crippen LogP contribution < -0.4 is 5.43 Å². The van der Waals surface area contributed by atoms with E-state index in [1.807, 2.05) is 12.1 Å². The van der Waals surface area contributed by atoms with E-state index in [4.69, 9.17) is 4.42 Å². The quantitative estimate of drug-likeness (QED) is 0.142. The van der Waals surface area contributed by atoms with Gasteiger partial charge >= 0.3 is 0 Å². The third-order valence-electron chi connectivity index (χ3n) is 5.04. The van der Waals surface area contributed by atoms with E-state index in [1.165, 1.54) is 18.5 Å². The number of rotatable bonds is 7. The SMILES string of the molecule is O=C(NN=Cc1ccc(Sc2ncccn2)c([N+](=O)[O-])c1)c1cc(-c2ccco2)nc2ccccc12. The maximum Gasteiger partial charge on any atom is 0.283 e. The Kier molecular flexibility index (Phi) is 6.45. The first-order valence-electron chi connectivity index (χ1n) is 10.6. The summed E-state index contributed by atoms with van der Waals surface area (Å²) in [5.41, 5.74) is 4.32. The van der Waals surface area contributed by atoms with Crippen molar-refractivity contribution in [2.75, 3.05) is 0 Å². The largest absolute Gasteiger partial charge is 0.463 e. The molecule has 1 N–H and O–H groups in total. The van der Waals surface area contributed by atoms with Gasteiger partial charge in [-0.1, -0.05) is 24.3 Å². The van der Waals surface area contributed by atoms with E-state index < -0.39 is 10.8 Å². The van der Waals surface area contributed by atoms with Crippen molar-refractivity contribution in [1.29, 1.82) is 0 Å². The van der Waals surface area contributed by atoms with Crippen LogP contribution in [0.3, 0.4) is 0 Å². The number of para-hydroxylation sites is 1. The number of carbonyl (C=O) groups is 1. The van der Waals surface area contributed by atoms with Crippen LogP contribution in [0.25, 0.3) is 22.4 Å². The third kappa shape index (κ3) is 4.95. The minimum atomic E-state index is -0.486. The van der Waals surface area contributed by atoms with Gasteiger partial charge in [0.25, 0.3) is 11.6 Å². The smallest absolute Gasteiger partial charge is 0.283 e. The molecule has 0 aliphatic carbocycles. The van der Waals surface area contributed by atoms with E-state index in [0.717, 1.165) is 11.8 Å². The van der Waals surface area contributed by atoms with Crippen LogP contribution in [0.15, 0.2) is 105 Å². The van der Waals surface area contributed by atoms with Crippen LogP contribution in [0.5, 0.6) is 0 Å². The molecular formula is C25H16N6O4S. The van der Waals surface area contributed by atoms with E-state index in [2.05, 4.69) is 25.5 Å². The highest BCUT2D eigenvalue weighted by atomic mass is 32.2. The Hall–Kier alpha value is -4.90. The van der Waals surface area contributed by atoms with Crippen LogP contribution in [0.1, 0.15) is 15.9 Å². The van der Waals surface area contributed by atoms with Crippen LogP contribution in [0.4, 0.5) is 5.69 Å². The van der Waals surface area contributed by atoms with Gasteiger partial charge < -0.3 is 4.42 Å². The predicted molar refractivity (Wildman–Crippen MR) is 134 cm³/mol. The molecule has 176 valence electrons. The molecular weight excluding hydrogens is 480 g/mol. The average molecular weight is 497 g/mol. The summed E-state index contributed by atoms with van der Waals surface area (Å²) >= 11 is 1.09. The molecule has 1 amide bonds. The minimum Gasteiger partial charge on any atom is -0.463 e. The summed E-state index contributed by atoms with van der Waals surface area (Å²) in [6.45, 7) is 0. The zero-order valence-electron chi connectivity index (χ0n) is 18.4. The topological polar surface area (TPSA) is 136 Å². The molecule has 0 radical (unpaired) electrons. The molecule has 3 heterocycles. The van der Waals surface area contributed by atoms with Crippen molar-refractivity contribution in [3.63, 3.8) is 0 Å². The summed E-state index contributed by atoms with van der Waals surface area (Å²) in [5.74, 6) is 0.0741. The van der Waals surface area contributed by atoms with Crippen LogP contribution >= 0.6 is 11.8 Å². The van der Waals surface area contributed by atoms with Crippen LogP contribution in [0, 0.1) is 10.1 Å². The van der Waals surface area contributed by atoms with Gasteiger partial charge in [0.05, 0.1) is 33.4 Å². The molecule has 3 aromatic heterocycles. The Balaban J connectivity index is 1.38. The zero-order valence-corrected chi connectivity index (χ0v) is 19.3. The van der Waals surface area contributed by atoms with Crippen molar-refractivity contribution in [3.05, 3.63) is 107 Å². The lowest BCUT2D eigenvalue weighted by Crippen LogP contribution is -2.18. The van der Waals surface area contributed by atoms with E-state index in [-0.39, 0.29) is 5.69 Å². The van der Waals surface area contributed by atoms with Gasteiger partial charge in [0, 0.05) is 29.4 Å². The monoisotopic (exact) mass is 496 g/mol. The van der Waals surface area contributed by atoms with Gasteiger partial charge in [0.1, 0.15) is 5.69 Å². The van der Waals surface area contributed by atoms with Crippen molar-refractivity contribution >= 4 is 40.5 Å². The number of fused-ring (bicyclic) bond motifs is 1. The van der Waals surface area contributed by atoms with Gasteiger partial charge in [0.15, 0.2) is 10.9 Å². The molecule has 5 aromatic rings.